The summed E-state index contributed by atoms with van der Waals surface area (Å²) in [6.07, 6.45) is 1.98. The van der Waals surface area contributed by atoms with Gasteiger partial charge in [-0.25, -0.2) is 4.68 Å². The van der Waals surface area contributed by atoms with Crippen LogP contribution in [0, 0.1) is 0 Å². The van der Waals surface area contributed by atoms with Gasteiger partial charge >= 0.3 is 0 Å². The molecular weight excluding hydrogens is 378 g/mol. The Kier molecular flexibility index (Phi) is 4.84. The molecule has 0 bridgehead atoms. The molecule has 0 saturated carbocycles. The zero-order valence-corrected chi connectivity index (χ0v) is 17.0. The Labute approximate surface area is 173 Å². The van der Waals surface area contributed by atoms with Crippen LogP contribution in [-0.4, -0.2) is 15.0 Å². The number of hydrogen-bond acceptors (Lipinski definition) is 4. The van der Waals surface area contributed by atoms with Crippen LogP contribution in [0.25, 0.3) is 20.2 Å². The van der Waals surface area contributed by atoms with Crippen molar-refractivity contribution in [3.8, 4) is 0 Å². The first-order valence-corrected chi connectivity index (χ1v) is 10.5. The monoisotopic (exact) mass is 399 g/mol. The summed E-state index contributed by atoms with van der Waals surface area (Å²) >= 11 is 1.84. The Hall–Kier alpha value is -3.02. The highest BCUT2D eigenvalue weighted by atomic mass is 32.1. The molecule has 2 aromatic heterocycles. The maximum absolute atomic E-state index is 5.79. The van der Waals surface area contributed by atoms with Crippen molar-refractivity contribution < 1.29 is 4.74 Å². The summed E-state index contributed by atoms with van der Waals surface area (Å²) in [6.45, 7) is 3.18. The number of nitrogens with zero attached hydrogens (tertiary/aromatic N) is 3. The highest BCUT2D eigenvalue weighted by Gasteiger charge is 2.13. The summed E-state index contributed by atoms with van der Waals surface area (Å²) in [5, 5.41) is 11.2. The van der Waals surface area contributed by atoms with Crippen molar-refractivity contribution in [1.29, 1.82) is 0 Å². The average Bonchev–Trinajstić information content (AvgIpc) is 3.38. The van der Waals surface area contributed by atoms with E-state index >= 15 is 0 Å². The number of fused-ring (bicyclic) bond motifs is 3. The predicted octanol–water partition coefficient (Wildman–Crippen LogP) is 5.97. The molecule has 3 aromatic carbocycles. The second-order valence-corrected chi connectivity index (χ2v) is 8.28. The van der Waals surface area contributed by atoms with Crippen molar-refractivity contribution in [3.63, 3.8) is 0 Å². The lowest BCUT2D eigenvalue weighted by atomic mass is 10.0. The van der Waals surface area contributed by atoms with Gasteiger partial charge in [0, 0.05) is 20.2 Å². The SMILES string of the molecule is CC(c1ccc2sc3ccccc3c2c1)n1cc(COCc2ccccc2)nn1. The van der Waals surface area contributed by atoms with Gasteiger partial charge in [-0.15, -0.1) is 16.4 Å². The highest BCUT2D eigenvalue weighted by molar-refractivity contribution is 7.25. The van der Waals surface area contributed by atoms with E-state index in [1.807, 2.05) is 40.4 Å². The maximum Gasteiger partial charge on any atom is 0.108 e. The molecule has 0 aliphatic rings. The molecule has 0 amide bonds. The molecule has 1 atom stereocenters. The van der Waals surface area contributed by atoms with Crippen LogP contribution >= 0.6 is 11.3 Å². The van der Waals surface area contributed by atoms with Crippen molar-refractivity contribution in [2.24, 2.45) is 0 Å². The van der Waals surface area contributed by atoms with E-state index in [2.05, 4.69) is 71.8 Å². The Bertz CT molecular complexity index is 1260. The molecule has 1 unspecified atom stereocenters. The molecular formula is C24H21N3OS. The third-order valence-electron chi connectivity index (χ3n) is 5.20. The van der Waals surface area contributed by atoms with E-state index < -0.39 is 0 Å². The highest BCUT2D eigenvalue weighted by Crippen LogP contribution is 2.35. The van der Waals surface area contributed by atoms with E-state index in [9.17, 15) is 0 Å². The number of benzene rings is 3. The van der Waals surface area contributed by atoms with Gasteiger partial charge in [0.05, 0.1) is 25.5 Å². The van der Waals surface area contributed by atoms with Gasteiger partial charge in [-0.3, -0.25) is 0 Å². The van der Waals surface area contributed by atoms with E-state index in [0.29, 0.717) is 13.2 Å². The number of rotatable bonds is 6. The molecule has 0 radical (unpaired) electrons. The van der Waals surface area contributed by atoms with Gasteiger partial charge in [0.15, 0.2) is 0 Å². The first kappa shape index (κ1) is 18.0. The smallest absolute Gasteiger partial charge is 0.108 e. The fraction of sp³-hybridized carbons (Fsp3) is 0.167. The van der Waals surface area contributed by atoms with Crippen LogP contribution in [0.5, 0.6) is 0 Å². The summed E-state index contributed by atoms with van der Waals surface area (Å²) in [5.74, 6) is 0. The lowest BCUT2D eigenvalue weighted by Crippen LogP contribution is -2.07. The topological polar surface area (TPSA) is 39.9 Å². The molecule has 5 aromatic rings. The molecule has 4 nitrogen and oxygen atoms in total. The maximum atomic E-state index is 5.79. The van der Waals surface area contributed by atoms with E-state index in [0.717, 1.165) is 11.3 Å². The van der Waals surface area contributed by atoms with Gasteiger partial charge in [-0.1, -0.05) is 59.8 Å². The van der Waals surface area contributed by atoms with Crippen molar-refractivity contribution in [3.05, 3.63) is 95.8 Å². The van der Waals surface area contributed by atoms with E-state index in [4.69, 9.17) is 4.74 Å². The number of aromatic nitrogens is 3. The van der Waals surface area contributed by atoms with Crippen molar-refractivity contribution in [1.82, 2.24) is 15.0 Å². The normalized spacial score (nSPS) is 12.6. The van der Waals surface area contributed by atoms with Crippen molar-refractivity contribution >= 4 is 31.5 Å². The first-order valence-electron chi connectivity index (χ1n) is 9.71. The van der Waals surface area contributed by atoms with E-state index in [-0.39, 0.29) is 6.04 Å². The molecule has 5 heteroatoms. The zero-order chi connectivity index (χ0) is 19.6. The minimum atomic E-state index is 0.105. The minimum Gasteiger partial charge on any atom is -0.370 e. The molecule has 0 fully saturated rings. The van der Waals surface area contributed by atoms with Crippen molar-refractivity contribution in [2.75, 3.05) is 0 Å². The van der Waals surface area contributed by atoms with Crippen LogP contribution in [-0.2, 0) is 18.0 Å². The van der Waals surface area contributed by atoms with Gasteiger partial charge in [0.2, 0.25) is 0 Å². The molecule has 0 aliphatic heterocycles. The molecule has 2 heterocycles. The molecule has 0 saturated heterocycles. The first-order chi connectivity index (χ1) is 14.3. The van der Waals surface area contributed by atoms with Gasteiger partial charge in [-0.2, -0.15) is 0 Å². The second-order valence-electron chi connectivity index (χ2n) is 7.20. The lowest BCUT2D eigenvalue weighted by molar-refractivity contribution is 0.104. The Morgan fingerprint density at radius 3 is 2.59 bits per heavy atom. The fourth-order valence-corrected chi connectivity index (χ4v) is 4.66. The van der Waals surface area contributed by atoms with E-state index in [1.54, 1.807) is 0 Å². The van der Waals surface area contributed by atoms with Gasteiger partial charge in [0.1, 0.15) is 5.69 Å². The zero-order valence-electron chi connectivity index (χ0n) is 16.2. The molecule has 0 N–H and O–H groups in total. The Balaban J connectivity index is 1.33. The molecule has 0 spiro atoms. The summed E-state index contributed by atoms with van der Waals surface area (Å²) in [6, 6.07) is 25.5. The van der Waals surface area contributed by atoms with Crippen LogP contribution in [0.15, 0.2) is 79.0 Å². The quantitative estimate of drug-likeness (QED) is 0.353. The lowest BCUT2D eigenvalue weighted by Gasteiger charge is -2.12. The number of thiophene rings is 1. The van der Waals surface area contributed by atoms with Crippen LogP contribution in [0.3, 0.4) is 0 Å². The third kappa shape index (κ3) is 3.67. The van der Waals surface area contributed by atoms with E-state index in [1.165, 1.54) is 25.7 Å². The summed E-state index contributed by atoms with van der Waals surface area (Å²) in [7, 11) is 0. The predicted molar refractivity (Wildman–Crippen MR) is 118 cm³/mol. The molecule has 5 rings (SSSR count). The average molecular weight is 400 g/mol. The standard InChI is InChI=1S/C24H21N3OS/c1-17(19-11-12-24-22(13-19)21-9-5-6-10-23(21)29-24)27-14-20(25-26-27)16-28-15-18-7-3-2-4-8-18/h2-14,17H,15-16H2,1H3. The molecule has 0 aliphatic carbocycles. The fourth-order valence-electron chi connectivity index (χ4n) is 3.57. The second kappa shape index (κ2) is 7.78. The largest absolute Gasteiger partial charge is 0.370 e. The van der Waals surface area contributed by atoms with Crippen LogP contribution < -0.4 is 0 Å². The summed E-state index contributed by atoms with van der Waals surface area (Å²) in [4.78, 5) is 0. The number of hydrogen-bond donors (Lipinski definition) is 0. The van der Waals surface area contributed by atoms with Gasteiger partial charge < -0.3 is 4.74 Å². The van der Waals surface area contributed by atoms with Crippen LogP contribution in [0.2, 0.25) is 0 Å². The van der Waals surface area contributed by atoms with Crippen LogP contribution in [0.4, 0.5) is 0 Å². The number of ether oxygens (including phenoxy) is 1. The Morgan fingerprint density at radius 1 is 0.897 bits per heavy atom. The van der Waals surface area contributed by atoms with Gasteiger partial charge in [0.25, 0.3) is 0 Å². The summed E-state index contributed by atoms with van der Waals surface area (Å²) < 4.78 is 10.3. The van der Waals surface area contributed by atoms with Crippen molar-refractivity contribution in [2.45, 2.75) is 26.2 Å². The van der Waals surface area contributed by atoms with Gasteiger partial charge in [-0.05, 0) is 36.2 Å². The molecule has 144 valence electrons. The summed E-state index contributed by atoms with van der Waals surface area (Å²) in [5.41, 5.74) is 3.22. The van der Waals surface area contributed by atoms with Crippen LogP contribution in [0.1, 0.15) is 29.8 Å². The Morgan fingerprint density at radius 2 is 1.69 bits per heavy atom. The third-order valence-corrected chi connectivity index (χ3v) is 6.35. The molecule has 29 heavy (non-hydrogen) atoms. The minimum absolute atomic E-state index is 0.105.